The molecular formula is C31H29FN4O6. The maximum Gasteiger partial charge on any atom is 0.254 e. The number of benzene rings is 3. The van der Waals surface area contributed by atoms with Gasteiger partial charge in [0.15, 0.2) is 0 Å². The number of hydrogen-bond donors (Lipinski definition) is 4. The van der Waals surface area contributed by atoms with E-state index in [1.165, 1.54) is 31.3 Å². The quantitative estimate of drug-likeness (QED) is 0.203. The first-order valence-corrected chi connectivity index (χ1v) is 13.3. The number of rotatable bonds is 10. The zero-order chi connectivity index (χ0) is 29.9. The van der Waals surface area contributed by atoms with Crippen LogP contribution in [0.25, 0.3) is 10.9 Å². The largest absolute Gasteiger partial charge is 0.490 e. The van der Waals surface area contributed by atoms with E-state index in [-0.39, 0.29) is 23.8 Å². The molecule has 0 bridgehead atoms. The van der Waals surface area contributed by atoms with Crippen LogP contribution in [0.2, 0.25) is 0 Å². The smallest absolute Gasteiger partial charge is 0.254 e. The third kappa shape index (κ3) is 6.16. The molecule has 11 heteroatoms. The van der Waals surface area contributed by atoms with Crippen LogP contribution in [0.15, 0.2) is 72.9 Å². The molecule has 1 fully saturated rings. The van der Waals surface area contributed by atoms with E-state index in [0.29, 0.717) is 46.6 Å². The minimum absolute atomic E-state index is 0.00855. The number of anilines is 2. The fourth-order valence-electron chi connectivity index (χ4n) is 4.33. The standard InChI is InChI=1S/C31H29FN4O6/c1-18(37)17-41-27-16-25-23(15-24(27)28(38)33-2)26(11-14-34-25)42-22-9-7-21(8-10-22)36-30(40)31(12-13-31)29(39)35-20-5-3-19(32)4-6-20/h3-11,14-16,18,37H,12-13,17H2,1-2H3,(H,33,38)(H,35,39)(H,36,40). The van der Waals surface area contributed by atoms with Crippen LogP contribution in [-0.4, -0.2) is 47.6 Å². The molecule has 1 saturated carbocycles. The highest BCUT2D eigenvalue weighted by molar-refractivity contribution is 6.17. The third-order valence-electron chi connectivity index (χ3n) is 6.82. The summed E-state index contributed by atoms with van der Waals surface area (Å²) in [6.45, 7) is 1.59. The van der Waals surface area contributed by atoms with Gasteiger partial charge in [-0.3, -0.25) is 19.4 Å². The predicted molar refractivity (Wildman–Crippen MR) is 154 cm³/mol. The number of amides is 3. The number of carbonyl (C=O) groups excluding carboxylic acids is 3. The van der Waals surface area contributed by atoms with Crippen LogP contribution in [0.3, 0.4) is 0 Å². The molecule has 0 radical (unpaired) electrons. The summed E-state index contributed by atoms with van der Waals surface area (Å²) in [6.07, 6.45) is 1.66. The summed E-state index contributed by atoms with van der Waals surface area (Å²) in [5.74, 6) is -0.458. The summed E-state index contributed by atoms with van der Waals surface area (Å²) in [5.41, 5.74) is 0.503. The lowest BCUT2D eigenvalue weighted by Crippen LogP contribution is -2.35. The van der Waals surface area contributed by atoms with Gasteiger partial charge in [-0.15, -0.1) is 0 Å². The minimum atomic E-state index is -1.18. The lowest BCUT2D eigenvalue weighted by Gasteiger charge is -2.16. The van der Waals surface area contributed by atoms with Crippen LogP contribution in [0.5, 0.6) is 17.2 Å². The van der Waals surface area contributed by atoms with Crippen molar-refractivity contribution in [1.82, 2.24) is 10.3 Å². The van der Waals surface area contributed by atoms with Crippen LogP contribution >= 0.6 is 0 Å². The Kier molecular flexibility index (Phi) is 8.03. The molecule has 4 aromatic rings. The summed E-state index contributed by atoms with van der Waals surface area (Å²) in [4.78, 5) is 42.7. The summed E-state index contributed by atoms with van der Waals surface area (Å²) in [5, 5.41) is 18.2. The van der Waals surface area contributed by atoms with Gasteiger partial charge in [-0.2, -0.15) is 0 Å². The van der Waals surface area contributed by atoms with Crippen molar-refractivity contribution in [2.75, 3.05) is 24.3 Å². The summed E-state index contributed by atoms with van der Waals surface area (Å²) < 4.78 is 24.9. The molecular weight excluding hydrogens is 543 g/mol. The van der Waals surface area contributed by atoms with Crippen LogP contribution in [0, 0.1) is 11.2 Å². The number of carbonyl (C=O) groups is 3. The van der Waals surface area contributed by atoms with E-state index in [0.717, 1.165) is 0 Å². The monoisotopic (exact) mass is 572 g/mol. The van der Waals surface area contributed by atoms with Crippen molar-refractivity contribution in [3.63, 3.8) is 0 Å². The van der Waals surface area contributed by atoms with E-state index >= 15 is 0 Å². The number of nitrogens with one attached hydrogen (secondary N) is 3. The summed E-state index contributed by atoms with van der Waals surface area (Å²) in [7, 11) is 1.51. The molecule has 1 aromatic heterocycles. The van der Waals surface area contributed by atoms with Gasteiger partial charge < -0.3 is 30.5 Å². The second kappa shape index (κ2) is 11.8. The Hall–Kier alpha value is -5.03. The molecule has 5 rings (SSSR count). The highest BCUT2D eigenvalue weighted by atomic mass is 19.1. The number of aromatic nitrogens is 1. The topological polar surface area (TPSA) is 139 Å². The molecule has 0 aliphatic heterocycles. The zero-order valence-electron chi connectivity index (χ0n) is 22.9. The fourth-order valence-corrected chi connectivity index (χ4v) is 4.33. The van der Waals surface area contributed by atoms with Gasteiger partial charge >= 0.3 is 0 Å². The van der Waals surface area contributed by atoms with E-state index in [4.69, 9.17) is 9.47 Å². The zero-order valence-corrected chi connectivity index (χ0v) is 22.9. The Morgan fingerprint density at radius 2 is 1.57 bits per heavy atom. The molecule has 0 saturated heterocycles. The average molecular weight is 573 g/mol. The van der Waals surface area contributed by atoms with Crippen LogP contribution in [0.4, 0.5) is 15.8 Å². The van der Waals surface area contributed by atoms with E-state index in [1.807, 2.05) is 0 Å². The normalized spacial score (nSPS) is 14.0. The first-order chi connectivity index (χ1) is 20.2. The molecule has 216 valence electrons. The van der Waals surface area contributed by atoms with E-state index in [2.05, 4.69) is 20.9 Å². The van der Waals surface area contributed by atoms with Gasteiger partial charge in [-0.1, -0.05) is 0 Å². The van der Waals surface area contributed by atoms with E-state index in [9.17, 15) is 23.9 Å². The van der Waals surface area contributed by atoms with Gasteiger partial charge in [-0.05, 0) is 80.4 Å². The van der Waals surface area contributed by atoms with Crippen molar-refractivity contribution in [1.29, 1.82) is 0 Å². The molecule has 1 aliphatic rings. The van der Waals surface area contributed by atoms with E-state index < -0.39 is 29.2 Å². The van der Waals surface area contributed by atoms with Gasteiger partial charge in [-0.25, -0.2) is 4.39 Å². The molecule has 10 nitrogen and oxygen atoms in total. The molecule has 3 aromatic carbocycles. The van der Waals surface area contributed by atoms with Gasteiger partial charge in [0.05, 0.1) is 17.2 Å². The maximum absolute atomic E-state index is 13.2. The lowest BCUT2D eigenvalue weighted by atomic mass is 10.0. The number of aliphatic hydroxyl groups is 1. The van der Waals surface area contributed by atoms with Gasteiger partial charge in [0, 0.05) is 36.1 Å². The number of hydrogen-bond acceptors (Lipinski definition) is 7. The Morgan fingerprint density at radius 1 is 0.952 bits per heavy atom. The SMILES string of the molecule is CNC(=O)c1cc2c(Oc3ccc(NC(=O)C4(C(=O)Nc5ccc(F)cc5)CC4)cc3)ccnc2cc1OCC(C)O. The number of nitrogens with zero attached hydrogens (tertiary/aromatic N) is 1. The summed E-state index contributed by atoms with van der Waals surface area (Å²) in [6, 6.07) is 16.9. The van der Waals surface area contributed by atoms with Crippen molar-refractivity contribution in [3.8, 4) is 17.2 Å². The molecule has 4 N–H and O–H groups in total. The average Bonchev–Trinajstić information content (AvgIpc) is 3.80. The van der Waals surface area contributed by atoms with Gasteiger partial charge in [0.2, 0.25) is 11.8 Å². The lowest BCUT2D eigenvalue weighted by molar-refractivity contribution is -0.131. The molecule has 1 unspecified atom stereocenters. The van der Waals surface area contributed by atoms with Crippen molar-refractivity contribution >= 4 is 40.0 Å². The molecule has 0 spiro atoms. The van der Waals surface area contributed by atoms with Gasteiger partial charge in [0.25, 0.3) is 5.91 Å². The second-order valence-corrected chi connectivity index (χ2v) is 10.0. The van der Waals surface area contributed by atoms with Crippen molar-refractivity contribution in [2.24, 2.45) is 5.41 Å². The molecule has 1 atom stereocenters. The number of fused-ring (bicyclic) bond motifs is 1. The Bertz CT molecular complexity index is 1640. The number of ether oxygens (including phenoxy) is 2. The van der Waals surface area contributed by atoms with Crippen LogP contribution < -0.4 is 25.4 Å². The highest BCUT2D eigenvalue weighted by Gasteiger charge is 2.56. The highest BCUT2D eigenvalue weighted by Crippen LogP contribution is 2.47. The van der Waals surface area contributed by atoms with Crippen LogP contribution in [-0.2, 0) is 9.59 Å². The second-order valence-electron chi connectivity index (χ2n) is 10.0. The first kappa shape index (κ1) is 28.5. The first-order valence-electron chi connectivity index (χ1n) is 13.3. The Labute approximate surface area is 240 Å². The fraction of sp³-hybridized carbons (Fsp3) is 0.226. The molecule has 1 heterocycles. The van der Waals surface area contributed by atoms with Crippen molar-refractivity contribution in [2.45, 2.75) is 25.9 Å². The maximum atomic E-state index is 13.2. The van der Waals surface area contributed by atoms with Crippen LogP contribution in [0.1, 0.15) is 30.1 Å². The number of aliphatic hydroxyl groups excluding tert-OH is 1. The number of pyridine rings is 1. The Balaban J connectivity index is 1.29. The van der Waals surface area contributed by atoms with Crippen molar-refractivity contribution in [3.05, 3.63) is 84.3 Å². The number of halogens is 1. The molecule has 3 amide bonds. The third-order valence-corrected chi connectivity index (χ3v) is 6.82. The molecule has 1 aliphatic carbocycles. The van der Waals surface area contributed by atoms with E-state index in [1.54, 1.807) is 55.6 Å². The Morgan fingerprint density at radius 3 is 2.14 bits per heavy atom. The predicted octanol–water partition coefficient (Wildman–Crippen LogP) is 4.64. The van der Waals surface area contributed by atoms with Crippen molar-refractivity contribution < 1.29 is 33.4 Å². The minimum Gasteiger partial charge on any atom is -0.490 e. The van der Waals surface area contributed by atoms with Gasteiger partial charge in [0.1, 0.15) is 35.1 Å². The molecule has 42 heavy (non-hydrogen) atoms. The summed E-state index contributed by atoms with van der Waals surface area (Å²) >= 11 is 0.